The second-order valence-corrected chi connectivity index (χ2v) is 6.38. The molecule has 0 unspecified atom stereocenters. The van der Waals surface area contributed by atoms with Crippen molar-refractivity contribution in [2.45, 2.75) is 32.9 Å². The first kappa shape index (κ1) is 15.9. The molecule has 0 atom stereocenters. The Labute approximate surface area is 137 Å². The highest BCUT2D eigenvalue weighted by molar-refractivity contribution is 5.50. The normalized spacial score (nSPS) is 15.8. The van der Waals surface area contributed by atoms with Gasteiger partial charge in [0.15, 0.2) is 0 Å². The Morgan fingerprint density at radius 2 is 2.00 bits per heavy atom. The van der Waals surface area contributed by atoms with Crippen LogP contribution in [0.25, 0.3) is 0 Å². The molecule has 0 radical (unpaired) electrons. The van der Waals surface area contributed by atoms with Crippen molar-refractivity contribution >= 4 is 5.69 Å². The van der Waals surface area contributed by atoms with E-state index in [0.29, 0.717) is 6.54 Å². The minimum Gasteiger partial charge on any atom is -0.369 e. The van der Waals surface area contributed by atoms with Gasteiger partial charge >= 0.3 is 0 Å². The molecule has 0 aliphatic carbocycles. The zero-order chi connectivity index (χ0) is 16.1. The maximum Gasteiger partial charge on any atom is 0.146 e. The van der Waals surface area contributed by atoms with Gasteiger partial charge in [0, 0.05) is 32.4 Å². The monoisotopic (exact) mass is 313 g/mol. The first-order valence-electron chi connectivity index (χ1n) is 8.36. The third-order valence-electron chi connectivity index (χ3n) is 4.50. The smallest absolute Gasteiger partial charge is 0.146 e. The molecular formula is C19H24FN3. The first-order valence-corrected chi connectivity index (χ1v) is 8.36. The van der Waals surface area contributed by atoms with Crippen LogP contribution in [-0.2, 0) is 13.1 Å². The van der Waals surface area contributed by atoms with Gasteiger partial charge in [-0.1, -0.05) is 19.1 Å². The molecule has 2 aromatic rings. The Balaban J connectivity index is 1.61. The van der Waals surface area contributed by atoms with Gasteiger partial charge < -0.3 is 10.2 Å². The van der Waals surface area contributed by atoms with Crippen molar-refractivity contribution in [3.05, 3.63) is 59.7 Å². The Morgan fingerprint density at radius 3 is 2.74 bits per heavy atom. The lowest BCUT2D eigenvalue weighted by atomic mass is 9.98. The van der Waals surface area contributed by atoms with E-state index in [-0.39, 0.29) is 5.82 Å². The number of anilines is 1. The van der Waals surface area contributed by atoms with Gasteiger partial charge in [0.25, 0.3) is 0 Å². The van der Waals surface area contributed by atoms with E-state index in [4.69, 9.17) is 0 Å². The van der Waals surface area contributed by atoms with Crippen molar-refractivity contribution in [1.29, 1.82) is 0 Å². The van der Waals surface area contributed by atoms with Crippen LogP contribution >= 0.6 is 0 Å². The lowest BCUT2D eigenvalue weighted by Gasteiger charge is -2.32. The Bertz CT molecular complexity index is 622. The number of aromatic nitrogens is 1. The molecule has 0 spiro atoms. The van der Waals surface area contributed by atoms with Crippen LogP contribution in [0.1, 0.15) is 31.0 Å². The van der Waals surface area contributed by atoms with Gasteiger partial charge in [-0.3, -0.25) is 4.98 Å². The Kier molecular flexibility index (Phi) is 5.23. The summed E-state index contributed by atoms with van der Waals surface area (Å²) in [4.78, 5) is 6.47. The van der Waals surface area contributed by atoms with Crippen LogP contribution in [0.15, 0.2) is 42.6 Å². The average molecular weight is 313 g/mol. The first-order chi connectivity index (χ1) is 11.2. The van der Waals surface area contributed by atoms with Gasteiger partial charge in [0.1, 0.15) is 5.82 Å². The fourth-order valence-corrected chi connectivity index (χ4v) is 3.00. The van der Waals surface area contributed by atoms with E-state index in [9.17, 15) is 4.39 Å². The highest BCUT2D eigenvalue weighted by Crippen LogP contribution is 2.26. The van der Waals surface area contributed by atoms with E-state index in [1.165, 1.54) is 0 Å². The molecule has 3 rings (SSSR count). The summed E-state index contributed by atoms with van der Waals surface area (Å²) in [6, 6.07) is 11.3. The molecule has 4 heteroatoms. The summed E-state index contributed by atoms with van der Waals surface area (Å²) in [5.74, 6) is 0.630. The highest BCUT2D eigenvalue weighted by atomic mass is 19.1. The van der Waals surface area contributed by atoms with Crippen molar-refractivity contribution in [3.63, 3.8) is 0 Å². The molecule has 1 aliphatic rings. The SMILES string of the molecule is CC1CCN(c2cc(CNCc3ccccn3)ccc2F)CC1. The fraction of sp³-hybridized carbons (Fsp3) is 0.421. The van der Waals surface area contributed by atoms with Crippen LogP contribution in [0.5, 0.6) is 0 Å². The van der Waals surface area contributed by atoms with Gasteiger partial charge in [0.05, 0.1) is 11.4 Å². The summed E-state index contributed by atoms with van der Waals surface area (Å²) in [6.07, 6.45) is 4.08. The molecule has 2 heterocycles. The summed E-state index contributed by atoms with van der Waals surface area (Å²) in [5.41, 5.74) is 2.87. The number of hydrogen-bond acceptors (Lipinski definition) is 3. The number of nitrogens with one attached hydrogen (secondary N) is 1. The van der Waals surface area contributed by atoms with E-state index >= 15 is 0 Å². The maximum atomic E-state index is 14.2. The molecule has 3 nitrogen and oxygen atoms in total. The van der Waals surface area contributed by atoms with E-state index in [1.807, 2.05) is 30.3 Å². The molecule has 1 aromatic heterocycles. The van der Waals surface area contributed by atoms with E-state index < -0.39 is 0 Å². The molecule has 0 saturated carbocycles. The zero-order valence-corrected chi connectivity index (χ0v) is 13.6. The average Bonchev–Trinajstić information content (AvgIpc) is 2.58. The molecule has 1 N–H and O–H groups in total. The van der Waals surface area contributed by atoms with Crippen LogP contribution in [-0.4, -0.2) is 18.1 Å². The van der Waals surface area contributed by atoms with Gasteiger partial charge in [0.2, 0.25) is 0 Å². The van der Waals surface area contributed by atoms with Gasteiger partial charge in [-0.05, 0) is 48.6 Å². The minimum atomic E-state index is -0.118. The largest absolute Gasteiger partial charge is 0.369 e. The van der Waals surface area contributed by atoms with E-state index in [0.717, 1.165) is 55.3 Å². The van der Waals surface area contributed by atoms with Crippen molar-refractivity contribution in [3.8, 4) is 0 Å². The van der Waals surface area contributed by atoms with Crippen LogP contribution in [0.2, 0.25) is 0 Å². The van der Waals surface area contributed by atoms with Crippen molar-refractivity contribution < 1.29 is 4.39 Å². The van der Waals surface area contributed by atoms with Crippen LogP contribution in [0.4, 0.5) is 10.1 Å². The quantitative estimate of drug-likeness (QED) is 0.911. The van der Waals surface area contributed by atoms with Crippen LogP contribution in [0, 0.1) is 11.7 Å². The van der Waals surface area contributed by atoms with Crippen molar-refractivity contribution in [1.82, 2.24) is 10.3 Å². The maximum absolute atomic E-state index is 14.2. The number of benzene rings is 1. The lowest BCUT2D eigenvalue weighted by molar-refractivity contribution is 0.434. The molecule has 1 aliphatic heterocycles. The number of halogens is 1. The van der Waals surface area contributed by atoms with Crippen molar-refractivity contribution in [2.24, 2.45) is 5.92 Å². The number of pyridine rings is 1. The Morgan fingerprint density at radius 1 is 1.17 bits per heavy atom. The van der Waals surface area contributed by atoms with Gasteiger partial charge in [-0.15, -0.1) is 0 Å². The van der Waals surface area contributed by atoms with Crippen molar-refractivity contribution in [2.75, 3.05) is 18.0 Å². The highest BCUT2D eigenvalue weighted by Gasteiger charge is 2.18. The van der Waals surface area contributed by atoms with E-state index in [2.05, 4.69) is 22.1 Å². The molecule has 23 heavy (non-hydrogen) atoms. The predicted molar refractivity (Wildman–Crippen MR) is 91.8 cm³/mol. The summed E-state index contributed by atoms with van der Waals surface area (Å²) in [7, 11) is 0. The molecule has 1 saturated heterocycles. The number of piperidine rings is 1. The molecule has 0 bridgehead atoms. The van der Waals surface area contributed by atoms with E-state index in [1.54, 1.807) is 12.3 Å². The van der Waals surface area contributed by atoms with Gasteiger partial charge in [-0.2, -0.15) is 0 Å². The van der Waals surface area contributed by atoms with Crippen LogP contribution in [0.3, 0.4) is 0 Å². The van der Waals surface area contributed by atoms with Crippen LogP contribution < -0.4 is 10.2 Å². The molecular weight excluding hydrogens is 289 g/mol. The minimum absolute atomic E-state index is 0.118. The Hall–Kier alpha value is -1.94. The summed E-state index contributed by atoms with van der Waals surface area (Å²) >= 11 is 0. The number of hydrogen-bond donors (Lipinski definition) is 1. The molecule has 0 amide bonds. The number of nitrogens with zero attached hydrogens (tertiary/aromatic N) is 2. The lowest BCUT2D eigenvalue weighted by Crippen LogP contribution is -2.33. The number of rotatable bonds is 5. The second kappa shape index (κ2) is 7.55. The summed E-state index contributed by atoms with van der Waals surface area (Å²) in [5, 5.41) is 3.37. The molecule has 1 aromatic carbocycles. The van der Waals surface area contributed by atoms with Gasteiger partial charge in [-0.25, -0.2) is 4.39 Å². The third kappa shape index (κ3) is 4.29. The summed E-state index contributed by atoms with van der Waals surface area (Å²) in [6.45, 7) is 5.60. The molecule has 1 fully saturated rings. The second-order valence-electron chi connectivity index (χ2n) is 6.38. The zero-order valence-electron chi connectivity index (χ0n) is 13.6. The molecule has 122 valence electrons. The topological polar surface area (TPSA) is 28.2 Å². The predicted octanol–water partition coefficient (Wildman–Crippen LogP) is 3.75. The fourth-order valence-electron chi connectivity index (χ4n) is 3.00. The summed E-state index contributed by atoms with van der Waals surface area (Å²) < 4.78 is 14.2. The third-order valence-corrected chi connectivity index (χ3v) is 4.50. The standard InChI is InChI=1S/C19H24FN3/c1-15-7-10-23(11-8-15)19-12-16(5-6-18(19)20)13-21-14-17-4-2-3-9-22-17/h2-6,9,12,15,21H,7-8,10-11,13-14H2,1H3.